The maximum Gasteiger partial charge on any atom is 0.271 e. The average Bonchev–Trinajstić information content (AvgIpc) is 3.09. The van der Waals surface area contributed by atoms with E-state index in [0.29, 0.717) is 5.56 Å². The van der Waals surface area contributed by atoms with Crippen LogP contribution < -0.4 is 4.90 Å². The minimum atomic E-state index is -0.892. The van der Waals surface area contributed by atoms with Crippen LogP contribution in [0.3, 0.4) is 0 Å². The highest BCUT2D eigenvalue weighted by molar-refractivity contribution is 9.10. The smallest absolute Gasteiger partial charge is 0.271 e. The van der Waals surface area contributed by atoms with Crippen molar-refractivity contribution in [1.29, 1.82) is 0 Å². The van der Waals surface area contributed by atoms with Crippen LogP contribution in [0.25, 0.3) is 0 Å². The summed E-state index contributed by atoms with van der Waals surface area (Å²) in [7, 11) is 0. The van der Waals surface area contributed by atoms with E-state index in [2.05, 4.69) is 31.9 Å². The molecule has 33 heavy (non-hydrogen) atoms. The second-order valence-electron chi connectivity index (χ2n) is 8.71. The molecule has 3 aromatic carbocycles. The number of hydrogen-bond donors (Lipinski definition) is 0. The maximum atomic E-state index is 14.0. The van der Waals surface area contributed by atoms with Crippen LogP contribution in [-0.4, -0.2) is 16.7 Å². The van der Waals surface area contributed by atoms with E-state index in [0.717, 1.165) is 27.2 Å². The molecule has 3 aromatic rings. The molecule has 4 aliphatic rings. The van der Waals surface area contributed by atoms with Crippen LogP contribution in [0.4, 0.5) is 11.4 Å². The van der Waals surface area contributed by atoms with Crippen molar-refractivity contribution in [2.45, 2.75) is 15.6 Å². The van der Waals surface area contributed by atoms with E-state index >= 15 is 0 Å². The van der Waals surface area contributed by atoms with Crippen LogP contribution in [0.5, 0.6) is 0 Å². The van der Waals surface area contributed by atoms with Crippen molar-refractivity contribution >= 4 is 55.0 Å². The molecule has 8 heteroatoms. The first-order chi connectivity index (χ1) is 15.7. The highest BCUT2D eigenvalue weighted by Gasteiger charge is 2.72. The molecule has 1 heterocycles. The van der Waals surface area contributed by atoms with E-state index < -0.39 is 25.4 Å². The minimum absolute atomic E-state index is 0.164. The van der Waals surface area contributed by atoms with Gasteiger partial charge in [0.2, 0.25) is 11.8 Å². The van der Waals surface area contributed by atoms with Gasteiger partial charge in [0.05, 0.1) is 31.1 Å². The molecule has 6 nitrogen and oxygen atoms in total. The molecule has 0 aromatic heterocycles. The number of carbonyl (C=O) groups excluding carboxylic acids is 2. The van der Waals surface area contributed by atoms with E-state index in [1.54, 1.807) is 13.0 Å². The van der Waals surface area contributed by atoms with Crippen molar-refractivity contribution in [2.75, 3.05) is 4.90 Å². The van der Waals surface area contributed by atoms with Gasteiger partial charge in [-0.25, -0.2) is 4.90 Å². The number of nitro groups is 1. The number of halogens is 2. The second kappa shape index (κ2) is 6.61. The molecule has 3 aliphatic carbocycles. The zero-order valence-electron chi connectivity index (χ0n) is 17.3. The molecule has 1 fully saturated rings. The van der Waals surface area contributed by atoms with Crippen molar-refractivity contribution in [3.8, 4) is 0 Å². The normalized spacial score (nSPS) is 29.0. The Morgan fingerprint density at radius 2 is 1.24 bits per heavy atom. The third-order valence-corrected chi connectivity index (χ3v) is 9.92. The lowest BCUT2D eigenvalue weighted by molar-refractivity contribution is -0.384. The highest BCUT2D eigenvalue weighted by Crippen LogP contribution is 2.70. The molecule has 2 amide bonds. The van der Waals surface area contributed by atoms with E-state index in [1.165, 1.54) is 12.1 Å². The first-order valence-corrected chi connectivity index (χ1v) is 12.0. The Bertz CT molecular complexity index is 1300. The van der Waals surface area contributed by atoms with Crippen molar-refractivity contribution in [1.82, 2.24) is 0 Å². The molecule has 164 valence electrons. The Morgan fingerprint density at radius 1 is 0.818 bits per heavy atom. The first kappa shape index (κ1) is 20.7. The predicted octanol–water partition coefficient (Wildman–Crippen LogP) is 5.31. The zero-order chi connectivity index (χ0) is 23.3. The number of anilines is 1. The zero-order valence-corrected chi connectivity index (χ0v) is 20.5. The fourth-order valence-electron chi connectivity index (χ4n) is 5.86. The Labute approximate surface area is 206 Å². The molecule has 1 saturated heterocycles. The summed E-state index contributed by atoms with van der Waals surface area (Å²) in [4.78, 5) is 40.1. The standard InChI is InChI=1S/C25H16Br2N2O4/c1-13-10-11-14(29(32)33)12-19(13)28-22(30)20-21(23(28)31)25(27)16-7-3-2-6-15(16)24(20,26)17-8-4-5-9-18(17)25/h2-12,20-21H,1H3/t20-,21+,24?,25?. The minimum Gasteiger partial charge on any atom is -0.274 e. The summed E-state index contributed by atoms with van der Waals surface area (Å²) in [5.41, 5.74) is 4.49. The molecule has 7 rings (SSSR count). The van der Waals surface area contributed by atoms with Crippen LogP contribution >= 0.6 is 31.9 Å². The number of non-ortho nitro benzene ring substituents is 1. The van der Waals surface area contributed by atoms with Gasteiger partial charge in [-0.15, -0.1) is 0 Å². The lowest BCUT2D eigenvalue weighted by atomic mass is 9.54. The van der Waals surface area contributed by atoms with Gasteiger partial charge in [0.25, 0.3) is 5.69 Å². The van der Waals surface area contributed by atoms with Crippen LogP contribution in [0, 0.1) is 28.9 Å². The summed E-state index contributed by atoms with van der Waals surface area (Å²) in [6.45, 7) is 1.74. The Morgan fingerprint density at radius 3 is 1.64 bits per heavy atom. The largest absolute Gasteiger partial charge is 0.274 e. The molecule has 0 unspecified atom stereocenters. The summed E-state index contributed by atoms with van der Waals surface area (Å²) >= 11 is 7.91. The lowest BCUT2D eigenvalue weighted by Crippen LogP contribution is -2.56. The van der Waals surface area contributed by atoms with Crippen LogP contribution in [-0.2, 0) is 18.2 Å². The average molecular weight is 568 g/mol. The number of benzene rings is 3. The topological polar surface area (TPSA) is 80.5 Å². The number of rotatable bonds is 2. The summed E-state index contributed by atoms with van der Waals surface area (Å²) in [6, 6.07) is 20.0. The maximum absolute atomic E-state index is 14.0. The molecule has 0 spiro atoms. The highest BCUT2D eigenvalue weighted by atomic mass is 79.9. The van der Waals surface area contributed by atoms with Gasteiger partial charge in [0, 0.05) is 12.1 Å². The number of amides is 2. The van der Waals surface area contributed by atoms with E-state index in [4.69, 9.17) is 0 Å². The van der Waals surface area contributed by atoms with Gasteiger partial charge in [-0.2, -0.15) is 0 Å². The Hall–Kier alpha value is -2.84. The number of nitro benzene ring substituents is 1. The number of hydrogen-bond acceptors (Lipinski definition) is 4. The van der Waals surface area contributed by atoms with Gasteiger partial charge in [0.15, 0.2) is 0 Å². The lowest BCUT2D eigenvalue weighted by Gasteiger charge is -2.55. The van der Waals surface area contributed by atoms with Gasteiger partial charge in [0.1, 0.15) is 0 Å². The van der Waals surface area contributed by atoms with Crippen LogP contribution in [0.2, 0.25) is 0 Å². The van der Waals surface area contributed by atoms with E-state index in [1.807, 2.05) is 48.5 Å². The Kier molecular flexibility index (Phi) is 4.15. The van der Waals surface area contributed by atoms with Gasteiger partial charge >= 0.3 is 0 Å². The third-order valence-electron chi connectivity index (χ3n) is 7.23. The SMILES string of the molecule is Cc1ccc([N+](=O)[O-])cc1N1C(=O)[C@@H]2[C@H](C1=O)C1(Br)c3ccccc3C2(Br)c2ccccc21. The van der Waals surface area contributed by atoms with Crippen molar-refractivity contribution in [3.63, 3.8) is 0 Å². The van der Waals surface area contributed by atoms with Gasteiger partial charge in [-0.05, 0) is 34.7 Å². The number of alkyl halides is 2. The molecule has 2 atom stereocenters. The number of imide groups is 1. The molecular formula is C25H16Br2N2O4. The molecular weight excluding hydrogens is 552 g/mol. The van der Waals surface area contributed by atoms with Crippen LogP contribution in [0.1, 0.15) is 27.8 Å². The quantitative estimate of drug-likeness (QED) is 0.182. The second-order valence-corrected chi connectivity index (χ2v) is 11.2. The number of aryl methyl sites for hydroxylation is 1. The summed E-state index contributed by atoms with van der Waals surface area (Å²) in [6.07, 6.45) is 0. The van der Waals surface area contributed by atoms with Crippen molar-refractivity contribution in [3.05, 3.63) is 105 Å². The number of carbonyl (C=O) groups is 2. The predicted molar refractivity (Wildman–Crippen MR) is 130 cm³/mol. The van der Waals surface area contributed by atoms with E-state index in [-0.39, 0.29) is 23.2 Å². The van der Waals surface area contributed by atoms with Crippen molar-refractivity contribution in [2.24, 2.45) is 11.8 Å². The molecule has 0 saturated carbocycles. The molecule has 1 aliphatic heterocycles. The van der Waals surface area contributed by atoms with E-state index in [9.17, 15) is 19.7 Å². The third kappa shape index (κ3) is 2.33. The summed E-state index contributed by atoms with van der Waals surface area (Å²) in [5.74, 6) is -2.16. The fraction of sp³-hybridized carbons (Fsp3) is 0.200. The van der Waals surface area contributed by atoms with Gasteiger partial charge in [-0.3, -0.25) is 19.7 Å². The van der Waals surface area contributed by atoms with Crippen molar-refractivity contribution < 1.29 is 14.5 Å². The number of nitrogens with zero attached hydrogens (tertiary/aromatic N) is 2. The van der Waals surface area contributed by atoms with Crippen LogP contribution in [0.15, 0.2) is 66.7 Å². The van der Waals surface area contributed by atoms with Gasteiger partial charge < -0.3 is 0 Å². The summed E-state index contributed by atoms with van der Waals surface area (Å²) in [5, 5.41) is 11.4. The molecule has 0 radical (unpaired) electrons. The fourth-order valence-corrected chi connectivity index (χ4v) is 8.16. The Balaban J connectivity index is 1.64. The summed E-state index contributed by atoms with van der Waals surface area (Å²) < 4.78 is -1.78. The molecule has 0 N–H and O–H groups in total. The van der Waals surface area contributed by atoms with Gasteiger partial charge in [-0.1, -0.05) is 86.5 Å². The molecule has 2 bridgehead atoms. The monoisotopic (exact) mass is 566 g/mol. The first-order valence-electron chi connectivity index (χ1n) is 10.4.